The first kappa shape index (κ1) is 20.2. The zero-order chi connectivity index (χ0) is 20.7. The second-order valence-corrected chi connectivity index (χ2v) is 7.93. The number of aromatic nitrogens is 4. The van der Waals surface area contributed by atoms with Crippen LogP contribution in [0.3, 0.4) is 0 Å². The SMILES string of the molecule is CNC(=O)[C@H]1O[C@@H](n2cnc3c(Nc4cccc(I)c4)nc(Cl)nc32)[C@H](O)[C@@H]1O. The Hall–Kier alpha value is -2.06. The van der Waals surface area contributed by atoms with Crippen molar-refractivity contribution >= 4 is 62.8 Å². The van der Waals surface area contributed by atoms with Crippen LogP contribution in [0.4, 0.5) is 11.5 Å². The molecule has 4 N–H and O–H groups in total. The molecule has 4 rings (SSSR count). The molecule has 12 heteroatoms. The average molecular weight is 531 g/mol. The quantitative estimate of drug-likeness (QED) is 0.292. The van der Waals surface area contributed by atoms with E-state index in [4.69, 9.17) is 16.3 Å². The van der Waals surface area contributed by atoms with Gasteiger partial charge in [-0.1, -0.05) is 6.07 Å². The number of imidazole rings is 1. The number of amides is 1. The predicted molar refractivity (Wildman–Crippen MR) is 113 cm³/mol. The predicted octanol–water partition coefficient (Wildman–Crippen LogP) is 1.19. The second kappa shape index (κ2) is 7.99. The molecule has 1 amide bonds. The summed E-state index contributed by atoms with van der Waals surface area (Å²) in [4.78, 5) is 24.6. The molecule has 0 aliphatic carbocycles. The van der Waals surface area contributed by atoms with Crippen LogP contribution < -0.4 is 10.6 Å². The molecule has 0 bridgehead atoms. The number of ether oxygens (including phenoxy) is 1. The van der Waals surface area contributed by atoms with Crippen molar-refractivity contribution in [2.75, 3.05) is 12.4 Å². The molecule has 1 aliphatic heterocycles. The van der Waals surface area contributed by atoms with Crippen LogP contribution in [-0.4, -0.2) is 61.0 Å². The normalized spacial score (nSPS) is 24.0. The summed E-state index contributed by atoms with van der Waals surface area (Å²) in [6.07, 6.45) is -3.68. The Labute approximate surface area is 183 Å². The van der Waals surface area contributed by atoms with Gasteiger partial charge in [0, 0.05) is 16.3 Å². The number of hydrogen-bond donors (Lipinski definition) is 4. The van der Waals surface area contributed by atoms with Crippen LogP contribution >= 0.6 is 34.2 Å². The van der Waals surface area contributed by atoms with Gasteiger partial charge in [0.05, 0.1) is 6.33 Å². The first-order valence-electron chi connectivity index (χ1n) is 8.55. The summed E-state index contributed by atoms with van der Waals surface area (Å²) in [5, 5.41) is 26.1. The highest BCUT2D eigenvalue weighted by molar-refractivity contribution is 14.1. The van der Waals surface area contributed by atoms with E-state index < -0.39 is 30.4 Å². The molecule has 0 radical (unpaired) electrons. The van der Waals surface area contributed by atoms with E-state index in [-0.39, 0.29) is 10.9 Å². The van der Waals surface area contributed by atoms with Crippen LogP contribution in [0.2, 0.25) is 5.28 Å². The summed E-state index contributed by atoms with van der Waals surface area (Å²) in [6.45, 7) is 0. The fourth-order valence-electron chi connectivity index (χ4n) is 3.11. The molecule has 1 aliphatic rings. The van der Waals surface area contributed by atoms with Crippen molar-refractivity contribution in [3.8, 4) is 0 Å². The van der Waals surface area contributed by atoms with Gasteiger partial charge < -0.3 is 25.6 Å². The maximum atomic E-state index is 11.9. The topological polar surface area (TPSA) is 134 Å². The van der Waals surface area contributed by atoms with Crippen molar-refractivity contribution in [1.29, 1.82) is 0 Å². The molecule has 1 saturated heterocycles. The largest absolute Gasteiger partial charge is 0.387 e. The number of hydrogen-bond acceptors (Lipinski definition) is 8. The van der Waals surface area contributed by atoms with Gasteiger partial charge in [0.1, 0.15) is 12.2 Å². The molecule has 29 heavy (non-hydrogen) atoms. The number of nitrogens with zero attached hydrogens (tertiary/aromatic N) is 4. The molecule has 0 spiro atoms. The van der Waals surface area contributed by atoms with Gasteiger partial charge >= 0.3 is 0 Å². The number of likely N-dealkylation sites (N-methyl/N-ethyl adjacent to an activating group) is 1. The standard InChI is InChI=1S/C17H16ClIN6O4/c1-20-15(28)12-10(26)11(27)16(29-12)25-6-21-9-13(23-17(18)24-14(9)25)22-8-4-2-3-7(19)5-8/h2-6,10-12,16,26-27H,1H3,(H,20,28)(H,22,23,24)/t10-,11+,12-,16+/m0/s1. The monoisotopic (exact) mass is 530 g/mol. The third-order valence-electron chi connectivity index (χ3n) is 4.50. The van der Waals surface area contributed by atoms with E-state index >= 15 is 0 Å². The van der Waals surface area contributed by atoms with Crippen molar-refractivity contribution in [2.24, 2.45) is 0 Å². The van der Waals surface area contributed by atoms with E-state index in [1.807, 2.05) is 24.3 Å². The van der Waals surface area contributed by atoms with E-state index in [1.165, 1.54) is 17.9 Å². The number of benzene rings is 1. The highest BCUT2D eigenvalue weighted by Crippen LogP contribution is 2.33. The first-order valence-corrected chi connectivity index (χ1v) is 10.0. The summed E-state index contributed by atoms with van der Waals surface area (Å²) in [7, 11) is 1.42. The molecule has 3 heterocycles. The Morgan fingerprint density at radius 3 is 2.83 bits per heavy atom. The Morgan fingerprint density at radius 2 is 2.10 bits per heavy atom. The zero-order valence-electron chi connectivity index (χ0n) is 15.0. The summed E-state index contributed by atoms with van der Waals surface area (Å²) in [6, 6.07) is 7.64. The van der Waals surface area contributed by atoms with E-state index in [9.17, 15) is 15.0 Å². The first-order chi connectivity index (χ1) is 13.9. The molecule has 0 unspecified atom stereocenters. The molecule has 4 atom stereocenters. The average Bonchev–Trinajstić information content (AvgIpc) is 3.23. The highest BCUT2D eigenvalue weighted by atomic mass is 127. The van der Waals surface area contributed by atoms with Crippen molar-refractivity contribution < 1.29 is 19.7 Å². The Kier molecular flexibility index (Phi) is 5.57. The minimum absolute atomic E-state index is 0.0386. The maximum absolute atomic E-state index is 11.9. The number of halogens is 2. The minimum atomic E-state index is -1.40. The van der Waals surface area contributed by atoms with Gasteiger partial charge in [0.25, 0.3) is 5.91 Å². The number of aliphatic hydroxyl groups excluding tert-OH is 2. The van der Waals surface area contributed by atoms with Gasteiger partial charge in [-0.05, 0) is 52.4 Å². The lowest BCUT2D eigenvalue weighted by Gasteiger charge is -2.16. The number of rotatable bonds is 4. The lowest BCUT2D eigenvalue weighted by molar-refractivity contribution is -0.137. The summed E-state index contributed by atoms with van der Waals surface area (Å²) in [5.74, 6) is -0.172. The van der Waals surface area contributed by atoms with Crippen molar-refractivity contribution in [2.45, 2.75) is 24.5 Å². The van der Waals surface area contributed by atoms with Gasteiger partial charge in [-0.25, -0.2) is 4.98 Å². The smallest absolute Gasteiger partial charge is 0.251 e. The van der Waals surface area contributed by atoms with Crippen molar-refractivity contribution in [3.63, 3.8) is 0 Å². The van der Waals surface area contributed by atoms with Crippen molar-refractivity contribution in [1.82, 2.24) is 24.8 Å². The molecule has 1 fully saturated rings. The number of nitrogens with one attached hydrogen (secondary N) is 2. The number of anilines is 2. The van der Waals surface area contributed by atoms with Gasteiger partial charge in [-0.2, -0.15) is 9.97 Å². The van der Waals surface area contributed by atoms with E-state index in [1.54, 1.807) is 0 Å². The van der Waals surface area contributed by atoms with E-state index in [0.29, 0.717) is 11.3 Å². The summed E-state index contributed by atoms with van der Waals surface area (Å²) < 4.78 is 8.04. The Balaban J connectivity index is 1.72. The van der Waals surface area contributed by atoms with Crippen LogP contribution in [-0.2, 0) is 9.53 Å². The lowest BCUT2D eigenvalue weighted by Crippen LogP contribution is -2.41. The van der Waals surface area contributed by atoms with Gasteiger partial charge in [0.15, 0.2) is 29.3 Å². The van der Waals surface area contributed by atoms with Crippen LogP contribution in [0.25, 0.3) is 11.2 Å². The second-order valence-electron chi connectivity index (χ2n) is 6.34. The molecule has 1 aromatic carbocycles. The lowest BCUT2D eigenvalue weighted by atomic mass is 10.1. The third-order valence-corrected chi connectivity index (χ3v) is 5.34. The van der Waals surface area contributed by atoms with Gasteiger partial charge in [-0.3, -0.25) is 9.36 Å². The van der Waals surface area contributed by atoms with E-state index in [0.717, 1.165) is 9.26 Å². The molecule has 2 aromatic heterocycles. The number of fused-ring (bicyclic) bond motifs is 1. The maximum Gasteiger partial charge on any atom is 0.251 e. The molecule has 3 aromatic rings. The highest BCUT2D eigenvalue weighted by Gasteiger charge is 2.47. The fraction of sp³-hybridized carbons (Fsp3) is 0.294. The Morgan fingerprint density at radius 1 is 1.31 bits per heavy atom. The van der Waals surface area contributed by atoms with Crippen LogP contribution in [0, 0.1) is 3.57 Å². The number of carbonyl (C=O) groups excluding carboxylic acids is 1. The zero-order valence-corrected chi connectivity index (χ0v) is 17.9. The summed E-state index contributed by atoms with van der Waals surface area (Å²) >= 11 is 8.30. The van der Waals surface area contributed by atoms with Crippen molar-refractivity contribution in [3.05, 3.63) is 39.4 Å². The van der Waals surface area contributed by atoms with Gasteiger partial charge in [-0.15, -0.1) is 0 Å². The number of carbonyl (C=O) groups is 1. The molecule has 10 nitrogen and oxygen atoms in total. The molecular weight excluding hydrogens is 515 g/mol. The third kappa shape index (κ3) is 3.75. The summed E-state index contributed by atoms with van der Waals surface area (Å²) in [5.41, 5.74) is 1.46. The van der Waals surface area contributed by atoms with Crippen LogP contribution in [0.5, 0.6) is 0 Å². The molecular formula is C17H16ClIN6O4. The minimum Gasteiger partial charge on any atom is -0.387 e. The Bertz CT molecular complexity index is 1080. The number of aliphatic hydroxyl groups is 2. The fourth-order valence-corrected chi connectivity index (χ4v) is 3.82. The van der Waals surface area contributed by atoms with Crippen LogP contribution in [0.1, 0.15) is 6.23 Å². The molecule has 0 saturated carbocycles. The molecule has 152 valence electrons. The van der Waals surface area contributed by atoms with Gasteiger partial charge in [0.2, 0.25) is 5.28 Å². The van der Waals surface area contributed by atoms with E-state index in [2.05, 4.69) is 48.2 Å². The van der Waals surface area contributed by atoms with Crippen LogP contribution in [0.15, 0.2) is 30.6 Å².